The van der Waals surface area contributed by atoms with E-state index in [4.69, 9.17) is 15.1 Å². The van der Waals surface area contributed by atoms with Crippen molar-refractivity contribution in [2.45, 2.75) is 5.41 Å². The van der Waals surface area contributed by atoms with Crippen LogP contribution >= 0.6 is 0 Å². The highest BCUT2D eigenvalue weighted by Crippen LogP contribution is 2.44. The average molecular weight is 271 g/mol. The summed E-state index contributed by atoms with van der Waals surface area (Å²) in [5.74, 6) is -3.79. The second kappa shape index (κ2) is 4.56. The number of nitrogens with zero attached hydrogens (tertiary/aromatic N) is 2. The number of nitriles is 2. The van der Waals surface area contributed by atoms with Gasteiger partial charge in [-0.3, -0.25) is 9.59 Å². The van der Waals surface area contributed by atoms with Gasteiger partial charge in [-0.2, -0.15) is 10.5 Å². The third-order valence-corrected chi connectivity index (χ3v) is 3.24. The molecule has 1 aromatic carbocycles. The smallest absolute Gasteiger partial charge is 0.323 e. The summed E-state index contributed by atoms with van der Waals surface area (Å²) in [6, 6.07) is 7.67. The fraction of sp³-hybridized carbons (Fsp3) is 0.231. The topological polar surface area (TPSA) is 123 Å². The van der Waals surface area contributed by atoms with E-state index in [0.717, 1.165) is 0 Å². The molecule has 0 spiro atoms. The summed E-state index contributed by atoms with van der Waals surface area (Å²) < 4.78 is 5.01. The molecule has 2 atom stereocenters. The number of rotatable bonds is 3. The summed E-state index contributed by atoms with van der Waals surface area (Å²) >= 11 is 0. The lowest BCUT2D eigenvalue weighted by atomic mass is 9.72. The second-order valence-electron chi connectivity index (χ2n) is 4.19. The molecule has 1 aliphatic heterocycles. The van der Waals surface area contributed by atoms with E-state index in [1.807, 2.05) is 0 Å². The predicted molar refractivity (Wildman–Crippen MR) is 65.7 cm³/mol. The average Bonchev–Trinajstić information content (AvgIpc) is 2.71. The first kappa shape index (κ1) is 13.4. The number of carbonyl (C=O) groups is 2. The molecule has 0 saturated heterocycles. The fourth-order valence-corrected chi connectivity index (χ4v) is 2.23. The van der Waals surface area contributed by atoms with E-state index in [0.29, 0.717) is 11.4 Å². The van der Waals surface area contributed by atoms with Crippen LogP contribution in [0, 0.1) is 28.6 Å². The maximum absolute atomic E-state index is 12.1. The Morgan fingerprint density at radius 2 is 2.20 bits per heavy atom. The normalized spacial score (nSPS) is 21.1. The molecule has 0 aromatic heterocycles. The number of hydrogen-bond donors (Lipinski definition) is 2. The molecule has 7 heteroatoms. The van der Waals surface area contributed by atoms with Crippen LogP contribution in [0.2, 0.25) is 0 Å². The van der Waals surface area contributed by atoms with Crippen LogP contribution in [0.4, 0.5) is 5.69 Å². The number of carbonyl (C=O) groups excluding carboxylic acids is 1. The standard InChI is InChI=1S/C13H9N3O4/c1-20-7-2-3-10-8(4-7)13(6-15,12(19)16-10)9(5-14)11(17)18/h2-4,9H,1H3,(H,16,19)(H,17,18). The van der Waals surface area contributed by atoms with Gasteiger partial charge < -0.3 is 15.2 Å². The number of hydrogen-bond acceptors (Lipinski definition) is 5. The van der Waals surface area contributed by atoms with Gasteiger partial charge in [0, 0.05) is 11.3 Å². The van der Waals surface area contributed by atoms with Crippen molar-refractivity contribution < 1.29 is 19.4 Å². The van der Waals surface area contributed by atoms with E-state index in [1.54, 1.807) is 12.1 Å². The summed E-state index contributed by atoms with van der Waals surface area (Å²) in [6.07, 6.45) is 0. The SMILES string of the molecule is COc1ccc2c(c1)C(C#N)(C(C#N)C(=O)O)C(=O)N2. The first-order valence-electron chi connectivity index (χ1n) is 5.55. The van der Waals surface area contributed by atoms with Gasteiger partial charge in [0.15, 0.2) is 11.3 Å². The fourth-order valence-electron chi connectivity index (χ4n) is 2.23. The molecule has 1 aromatic rings. The van der Waals surface area contributed by atoms with Crippen LogP contribution in [0.3, 0.4) is 0 Å². The lowest BCUT2D eigenvalue weighted by Crippen LogP contribution is -2.43. The van der Waals surface area contributed by atoms with E-state index < -0.39 is 23.2 Å². The van der Waals surface area contributed by atoms with Crippen molar-refractivity contribution >= 4 is 17.6 Å². The van der Waals surface area contributed by atoms with Crippen molar-refractivity contribution in [3.05, 3.63) is 23.8 Å². The van der Waals surface area contributed by atoms with Crippen molar-refractivity contribution in [3.8, 4) is 17.9 Å². The number of methoxy groups -OCH3 is 1. The largest absolute Gasteiger partial charge is 0.497 e. The zero-order chi connectivity index (χ0) is 14.9. The molecule has 7 nitrogen and oxygen atoms in total. The van der Waals surface area contributed by atoms with Gasteiger partial charge >= 0.3 is 5.97 Å². The lowest BCUT2D eigenvalue weighted by Gasteiger charge is -2.21. The molecule has 20 heavy (non-hydrogen) atoms. The molecule has 0 radical (unpaired) electrons. The van der Waals surface area contributed by atoms with E-state index in [2.05, 4.69) is 5.32 Å². The molecular formula is C13H9N3O4. The number of ether oxygens (including phenoxy) is 1. The third-order valence-electron chi connectivity index (χ3n) is 3.24. The number of amides is 1. The van der Waals surface area contributed by atoms with Gasteiger partial charge in [-0.15, -0.1) is 0 Å². The Morgan fingerprint density at radius 3 is 2.70 bits per heavy atom. The minimum absolute atomic E-state index is 0.137. The Hall–Kier alpha value is -3.06. The number of aliphatic carboxylic acids is 1. The zero-order valence-electron chi connectivity index (χ0n) is 10.4. The van der Waals surface area contributed by atoms with Crippen molar-refractivity contribution in [2.24, 2.45) is 5.92 Å². The summed E-state index contributed by atoms with van der Waals surface area (Å²) in [4.78, 5) is 23.3. The molecule has 2 rings (SSSR count). The molecule has 0 fully saturated rings. The van der Waals surface area contributed by atoms with Crippen LogP contribution < -0.4 is 10.1 Å². The third kappa shape index (κ3) is 1.57. The van der Waals surface area contributed by atoms with Gasteiger partial charge in [-0.1, -0.05) is 0 Å². The molecule has 1 amide bonds. The number of carboxylic acid groups (broad SMARTS) is 1. The molecule has 0 aliphatic carbocycles. The van der Waals surface area contributed by atoms with Crippen molar-refractivity contribution in [2.75, 3.05) is 12.4 Å². The van der Waals surface area contributed by atoms with Crippen LogP contribution in [0.1, 0.15) is 5.56 Å². The monoisotopic (exact) mass is 271 g/mol. The maximum Gasteiger partial charge on any atom is 0.323 e. The van der Waals surface area contributed by atoms with E-state index in [1.165, 1.54) is 25.3 Å². The van der Waals surface area contributed by atoms with Crippen molar-refractivity contribution in [1.82, 2.24) is 0 Å². The molecule has 100 valence electrons. The Balaban J connectivity index is 2.74. The van der Waals surface area contributed by atoms with Crippen molar-refractivity contribution in [3.63, 3.8) is 0 Å². The number of benzene rings is 1. The van der Waals surface area contributed by atoms with Gasteiger partial charge in [0.2, 0.25) is 0 Å². The minimum atomic E-state index is -2.08. The molecule has 0 bridgehead atoms. The lowest BCUT2D eigenvalue weighted by molar-refractivity contribution is -0.143. The molecular weight excluding hydrogens is 262 g/mol. The number of fused-ring (bicyclic) bond motifs is 1. The Kier molecular flexibility index (Phi) is 3.05. The van der Waals surface area contributed by atoms with E-state index >= 15 is 0 Å². The summed E-state index contributed by atoms with van der Waals surface area (Å²) in [5, 5.41) is 30.0. The van der Waals surface area contributed by atoms with Crippen LogP contribution in [-0.2, 0) is 15.0 Å². The summed E-state index contributed by atoms with van der Waals surface area (Å²) in [6.45, 7) is 0. The summed E-state index contributed by atoms with van der Waals surface area (Å²) in [7, 11) is 1.40. The van der Waals surface area contributed by atoms with Gasteiger partial charge in [0.25, 0.3) is 5.91 Å². The van der Waals surface area contributed by atoms with Crippen LogP contribution in [-0.4, -0.2) is 24.1 Å². The first-order valence-corrected chi connectivity index (χ1v) is 5.55. The van der Waals surface area contributed by atoms with Gasteiger partial charge in [-0.05, 0) is 18.2 Å². The molecule has 2 N–H and O–H groups in total. The molecule has 2 unspecified atom stereocenters. The number of anilines is 1. The van der Waals surface area contributed by atoms with Crippen molar-refractivity contribution in [1.29, 1.82) is 10.5 Å². The van der Waals surface area contributed by atoms with Gasteiger partial charge in [0.1, 0.15) is 5.75 Å². The number of nitrogens with one attached hydrogen (secondary N) is 1. The Bertz CT molecular complexity index is 686. The quantitative estimate of drug-likeness (QED) is 0.831. The van der Waals surface area contributed by atoms with Crippen LogP contribution in [0.5, 0.6) is 5.75 Å². The Morgan fingerprint density at radius 1 is 1.50 bits per heavy atom. The van der Waals surface area contributed by atoms with Crippen LogP contribution in [0.15, 0.2) is 18.2 Å². The van der Waals surface area contributed by atoms with Gasteiger partial charge in [-0.25, -0.2) is 0 Å². The van der Waals surface area contributed by atoms with Gasteiger partial charge in [0.05, 0.1) is 19.2 Å². The molecule has 1 heterocycles. The zero-order valence-corrected chi connectivity index (χ0v) is 10.4. The highest BCUT2D eigenvalue weighted by molar-refractivity contribution is 6.11. The molecule has 1 aliphatic rings. The van der Waals surface area contributed by atoms with E-state index in [9.17, 15) is 14.9 Å². The highest BCUT2D eigenvalue weighted by atomic mass is 16.5. The number of carboxylic acids is 1. The minimum Gasteiger partial charge on any atom is -0.497 e. The molecule has 0 saturated carbocycles. The predicted octanol–water partition coefficient (Wildman–Crippen LogP) is 0.633. The first-order chi connectivity index (χ1) is 9.51. The Labute approximate surface area is 114 Å². The highest BCUT2D eigenvalue weighted by Gasteiger charge is 2.57. The second-order valence-corrected chi connectivity index (χ2v) is 4.19. The maximum atomic E-state index is 12.1. The summed E-state index contributed by atoms with van der Waals surface area (Å²) in [5.41, 5.74) is -1.64. The van der Waals surface area contributed by atoms with Crippen LogP contribution in [0.25, 0.3) is 0 Å². The van der Waals surface area contributed by atoms with E-state index in [-0.39, 0.29) is 5.56 Å².